The number of benzene rings is 3. The lowest BCUT2D eigenvalue weighted by Gasteiger charge is -2.14. The summed E-state index contributed by atoms with van der Waals surface area (Å²) in [6.45, 7) is 2.02. The molecule has 0 spiro atoms. The first-order valence-electron chi connectivity index (χ1n) is 10.0. The Kier molecular flexibility index (Phi) is 8.01. The van der Waals surface area contributed by atoms with E-state index in [0.29, 0.717) is 27.2 Å². The average molecular weight is 522 g/mol. The van der Waals surface area contributed by atoms with Crippen LogP contribution in [0.1, 0.15) is 16.7 Å². The first kappa shape index (κ1) is 24.5. The highest BCUT2D eigenvalue weighted by atomic mass is 79.9. The summed E-state index contributed by atoms with van der Waals surface area (Å²) in [7, 11) is 1.48. The molecule has 0 aliphatic heterocycles. The van der Waals surface area contributed by atoms with Gasteiger partial charge in [0.1, 0.15) is 18.2 Å². The Morgan fingerprint density at radius 3 is 2.53 bits per heavy atom. The highest BCUT2D eigenvalue weighted by Gasteiger charge is 2.15. The maximum Gasteiger partial charge on any atom is 0.269 e. The minimum atomic E-state index is -0.523. The number of rotatable bonds is 8. The number of carbonyl (C=O) groups excluding carboxylic acids is 1. The van der Waals surface area contributed by atoms with Crippen molar-refractivity contribution in [3.8, 4) is 17.6 Å². The van der Waals surface area contributed by atoms with E-state index in [1.165, 1.54) is 25.3 Å². The minimum Gasteiger partial charge on any atom is -0.493 e. The summed E-state index contributed by atoms with van der Waals surface area (Å²) in [6.07, 6.45) is 1.46. The van der Waals surface area contributed by atoms with Crippen LogP contribution in [-0.4, -0.2) is 17.9 Å². The van der Waals surface area contributed by atoms with Crippen molar-refractivity contribution in [1.82, 2.24) is 0 Å². The number of aryl methyl sites for hydroxylation is 1. The maximum atomic E-state index is 12.6. The molecule has 0 saturated carbocycles. The predicted octanol–water partition coefficient (Wildman–Crippen LogP) is 5.80. The number of para-hydroxylation sites is 1. The first-order chi connectivity index (χ1) is 16.3. The summed E-state index contributed by atoms with van der Waals surface area (Å²) in [4.78, 5) is 23.0. The molecule has 3 rings (SSSR count). The van der Waals surface area contributed by atoms with Crippen molar-refractivity contribution in [2.45, 2.75) is 13.5 Å². The maximum absolute atomic E-state index is 12.6. The van der Waals surface area contributed by atoms with E-state index >= 15 is 0 Å². The molecule has 0 aliphatic carbocycles. The lowest BCUT2D eigenvalue weighted by molar-refractivity contribution is -0.384. The van der Waals surface area contributed by atoms with Crippen LogP contribution in [0.4, 0.5) is 11.4 Å². The number of nitriles is 1. The number of nitro groups is 1. The molecule has 0 unspecified atom stereocenters. The molecule has 34 heavy (non-hydrogen) atoms. The molecule has 0 aliphatic rings. The van der Waals surface area contributed by atoms with Crippen LogP contribution in [0.5, 0.6) is 11.5 Å². The van der Waals surface area contributed by atoms with E-state index < -0.39 is 10.8 Å². The Balaban J connectivity index is 1.80. The van der Waals surface area contributed by atoms with Crippen molar-refractivity contribution in [3.05, 3.63) is 97.5 Å². The van der Waals surface area contributed by atoms with Crippen molar-refractivity contribution in [3.63, 3.8) is 0 Å². The molecule has 3 aromatic rings. The lowest BCUT2D eigenvalue weighted by Crippen LogP contribution is -2.14. The van der Waals surface area contributed by atoms with Crippen LogP contribution in [0.3, 0.4) is 0 Å². The monoisotopic (exact) mass is 521 g/mol. The van der Waals surface area contributed by atoms with Crippen molar-refractivity contribution < 1.29 is 19.2 Å². The third kappa shape index (κ3) is 5.99. The smallest absolute Gasteiger partial charge is 0.269 e. The molecule has 172 valence electrons. The second-order valence-electron chi connectivity index (χ2n) is 7.19. The van der Waals surface area contributed by atoms with Gasteiger partial charge in [0.2, 0.25) is 0 Å². The fraction of sp³-hybridized carbons (Fsp3) is 0.120. The largest absolute Gasteiger partial charge is 0.493 e. The molecule has 0 fully saturated rings. The molecular weight excluding hydrogens is 502 g/mol. The van der Waals surface area contributed by atoms with E-state index in [4.69, 9.17) is 9.47 Å². The highest BCUT2D eigenvalue weighted by Crippen LogP contribution is 2.38. The van der Waals surface area contributed by atoms with Crippen molar-refractivity contribution in [1.29, 1.82) is 5.26 Å². The molecule has 0 saturated heterocycles. The number of non-ortho nitro benzene ring substituents is 1. The summed E-state index contributed by atoms with van der Waals surface area (Å²) in [6, 6.07) is 18.6. The third-order valence-electron chi connectivity index (χ3n) is 4.85. The Bertz CT molecular complexity index is 1300. The standard InChI is InChI=1S/C25H20BrN3O5/c1-16-5-3-4-6-22(16)28-25(30)19(14-27)11-18-12-21(26)24(23(13-18)33-2)34-15-17-7-9-20(10-8-17)29(31)32/h3-13H,15H2,1-2H3,(H,28,30)/b19-11-. The van der Waals surface area contributed by atoms with Gasteiger partial charge in [-0.25, -0.2) is 0 Å². The molecule has 3 aromatic carbocycles. The number of anilines is 1. The average Bonchev–Trinajstić information content (AvgIpc) is 2.83. The normalized spacial score (nSPS) is 10.8. The number of nitrogens with zero attached hydrogens (tertiary/aromatic N) is 2. The van der Waals surface area contributed by atoms with Crippen molar-refractivity contribution in [2.24, 2.45) is 0 Å². The Labute approximate surface area is 204 Å². The van der Waals surface area contributed by atoms with Crippen LogP contribution in [0.2, 0.25) is 0 Å². The number of ether oxygens (including phenoxy) is 2. The van der Waals surface area contributed by atoms with E-state index in [-0.39, 0.29) is 17.9 Å². The number of hydrogen-bond donors (Lipinski definition) is 1. The van der Waals surface area contributed by atoms with Crippen molar-refractivity contribution >= 4 is 39.3 Å². The molecule has 0 aromatic heterocycles. The van der Waals surface area contributed by atoms with Gasteiger partial charge in [-0.2, -0.15) is 5.26 Å². The first-order valence-corrected chi connectivity index (χ1v) is 10.8. The summed E-state index contributed by atoms with van der Waals surface area (Å²) in [5.41, 5.74) is 2.73. The lowest BCUT2D eigenvalue weighted by atomic mass is 10.1. The van der Waals surface area contributed by atoms with Gasteiger partial charge < -0.3 is 14.8 Å². The molecule has 0 atom stereocenters. The molecule has 0 radical (unpaired) electrons. The quantitative estimate of drug-likeness (QED) is 0.173. The van der Waals surface area contributed by atoms with Gasteiger partial charge in [-0.05, 0) is 76.0 Å². The molecule has 0 bridgehead atoms. The minimum absolute atomic E-state index is 0.00147. The Morgan fingerprint density at radius 1 is 1.21 bits per heavy atom. The number of carbonyl (C=O) groups is 1. The van der Waals surface area contributed by atoms with Crippen LogP contribution >= 0.6 is 15.9 Å². The summed E-state index contributed by atoms with van der Waals surface area (Å²) in [5, 5.41) is 23.1. The highest BCUT2D eigenvalue weighted by molar-refractivity contribution is 9.10. The van der Waals surface area contributed by atoms with Crippen LogP contribution in [0.15, 0.2) is 70.7 Å². The van der Waals surface area contributed by atoms with E-state index in [0.717, 1.165) is 11.1 Å². The third-order valence-corrected chi connectivity index (χ3v) is 5.44. The van der Waals surface area contributed by atoms with E-state index in [9.17, 15) is 20.2 Å². The number of methoxy groups -OCH3 is 1. The summed E-state index contributed by atoms with van der Waals surface area (Å²) < 4.78 is 11.9. The second-order valence-corrected chi connectivity index (χ2v) is 8.04. The number of halogens is 1. The number of amides is 1. The molecule has 9 heteroatoms. The topological polar surface area (TPSA) is 114 Å². The van der Waals surface area contributed by atoms with Crippen LogP contribution in [0.25, 0.3) is 6.08 Å². The number of nitrogens with one attached hydrogen (secondary N) is 1. The van der Waals surface area contributed by atoms with Gasteiger partial charge >= 0.3 is 0 Å². The van der Waals surface area contributed by atoms with Gasteiger partial charge in [-0.15, -0.1) is 0 Å². The predicted molar refractivity (Wildman–Crippen MR) is 132 cm³/mol. The van der Waals surface area contributed by atoms with E-state index in [1.807, 2.05) is 25.1 Å². The molecule has 0 heterocycles. The fourth-order valence-electron chi connectivity index (χ4n) is 3.05. The molecule has 8 nitrogen and oxygen atoms in total. The van der Waals surface area contributed by atoms with Crippen LogP contribution < -0.4 is 14.8 Å². The number of nitro benzene ring substituents is 1. The molecule has 1 amide bonds. The van der Waals surface area contributed by atoms with Gasteiger partial charge in [0.25, 0.3) is 11.6 Å². The van der Waals surface area contributed by atoms with Gasteiger partial charge in [-0.3, -0.25) is 14.9 Å². The molecule has 1 N–H and O–H groups in total. The zero-order chi connectivity index (χ0) is 24.7. The van der Waals surface area contributed by atoms with Gasteiger partial charge in [0, 0.05) is 17.8 Å². The van der Waals surface area contributed by atoms with E-state index in [2.05, 4.69) is 21.2 Å². The zero-order valence-corrected chi connectivity index (χ0v) is 20.0. The second kappa shape index (κ2) is 11.1. The molecular formula is C25H20BrN3O5. The van der Waals surface area contributed by atoms with Crippen LogP contribution in [-0.2, 0) is 11.4 Å². The van der Waals surface area contributed by atoms with Gasteiger partial charge in [0.05, 0.1) is 16.5 Å². The summed E-state index contributed by atoms with van der Waals surface area (Å²) >= 11 is 3.45. The summed E-state index contributed by atoms with van der Waals surface area (Å²) in [5.74, 6) is 0.283. The van der Waals surface area contributed by atoms with Crippen LogP contribution in [0, 0.1) is 28.4 Å². The number of hydrogen-bond acceptors (Lipinski definition) is 6. The van der Waals surface area contributed by atoms with Gasteiger partial charge in [-0.1, -0.05) is 18.2 Å². The fourth-order valence-corrected chi connectivity index (χ4v) is 3.62. The Hall–Kier alpha value is -4.16. The Morgan fingerprint density at radius 2 is 1.91 bits per heavy atom. The van der Waals surface area contributed by atoms with Gasteiger partial charge in [0.15, 0.2) is 11.5 Å². The zero-order valence-electron chi connectivity index (χ0n) is 18.4. The van der Waals surface area contributed by atoms with E-state index in [1.54, 1.807) is 36.4 Å². The van der Waals surface area contributed by atoms with Crippen molar-refractivity contribution in [2.75, 3.05) is 12.4 Å². The SMILES string of the molecule is COc1cc(/C=C(/C#N)C(=O)Nc2ccccc2C)cc(Br)c1OCc1ccc([N+](=O)[O-])cc1.